The molecule has 0 amide bonds. The van der Waals surface area contributed by atoms with Crippen LogP contribution in [0, 0.1) is 12.9 Å². The van der Waals surface area contributed by atoms with Crippen LogP contribution >= 0.6 is 0 Å². The van der Waals surface area contributed by atoms with E-state index in [0.29, 0.717) is 0 Å². The molecule has 3 heteroatoms. The van der Waals surface area contributed by atoms with Gasteiger partial charge in [-0.1, -0.05) is 58.8 Å². The second-order valence-corrected chi connectivity index (χ2v) is 6.28. The van der Waals surface area contributed by atoms with Crippen LogP contribution in [-0.4, -0.2) is 9.78 Å². The Bertz CT molecular complexity index is 386. The third-order valence-corrected chi connectivity index (χ3v) is 4.19. The summed E-state index contributed by atoms with van der Waals surface area (Å²) in [5.74, 6) is -0.185. The highest BCUT2D eigenvalue weighted by Gasteiger charge is 2.29. The van der Waals surface area contributed by atoms with Gasteiger partial charge in [-0.05, 0) is 26.7 Å². The summed E-state index contributed by atoms with van der Waals surface area (Å²) in [7, 11) is 0. The van der Waals surface area contributed by atoms with Crippen LogP contribution in [0.25, 0.3) is 0 Å². The molecule has 0 bridgehead atoms. The maximum Gasteiger partial charge on any atom is 0.212 e. The van der Waals surface area contributed by atoms with Gasteiger partial charge in [0.25, 0.3) is 0 Å². The Hall–Kier alpha value is -0.860. The number of rotatable bonds is 10. The summed E-state index contributed by atoms with van der Waals surface area (Å²) in [6.45, 7) is 8.44. The van der Waals surface area contributed by atoms with Crippen LogP contribution in [0.3, 0.4) is 0 Å². The average molecular weight is 282 g/mol. The van der Waals surface area contributed by atoms with E-state index in [1.165, 1.54) is 32.1 Å². The van der Waals surface area contributed by atoms with Gasteiger partial charge in [0.1, 0.15) is 0 Å². The number of halogens is 1. The lowest BCUT2D eigenvalue weighted by Gasteiger charge is -2.30. The van der Waals surface area contributed by atoms with Crippen LogP contribution in [0.1, 0.15) is 84.3 Å². The van der Waals surface area contributed by atoms with Crippen LogP contribution in [-0.2, 0) is 5.54 Å². The molecule has 1 heterocycles. The number of hydrogen-bond acceptors (Lipinski definition) is 1. The summed E-state index contributed by atoms with van der Waals surface area (Å²) >= 11 is 0. The minimum Gasteiger partial charge on any atom is -0.233 e. The molecule has 20 heavy (non-hydrogen) atoms. The molecular formula is C17H31FN2. The lowest BCUT2D eigenvalue weighted by molar-refractivity contribution is 0.200. The monoisotopic (exact) mass is 282 g/mol. The predicted molar refractivity (Wildman–Crippen MR) is 83.5 cm³/mol. The second-order valence-electron chi connectivity index (χ2n) is 6.28. The zero-order chi connectivity index (χ0) is 15.0. The molecule has 0 saturated carbocycles. The van der Waals surface area contributed by atoms with Gasteiger partial charge in [-0.3, -0.25) is 0 Å². The fourth-order valence-corrected chi connectivity index (χ4v) is 2.85. The van der Waals surface area contributed by atoms with Crippen LogP contribution in [0.2, 0.25) is 0 Å². The van der Waals surface area contributed by atoms with Crippen molar-refractivity contribution in [3.8, 4) is 0 Å². The second kappa shape index (κ2) is 8.43. The van der Waals surface area contributed by atoms with Gasteiger partial charge >= 0.3 is 0 Å². The Morgan fingerprint density at radius 1 is 1.05 bits per heavy atom. The van der Waals surface area contributed by atoms with E-state index in [2.05, 4.69) is 25.9 Å². The first kappa shape index (κ1) is 17.2. The molecule has 0 fully saturated rings. The zero-order valence-corrected chi connectivity index (χ0v) is 13.7. The molecule has 0 aliphatic rings. The molecule has 0 N–H and O–H groups in total. The summed E-state index contributed by atoms with van der Waals surface area (Å²) in [5, 5.41) is 4.39. The van der Waals surface area contributed by atoms with Crippen molar-refractivity contribution in [1.82, 2.24) is 9.78 Å². The van der Waals surface area contributed by atoms with Gasteiger partial charge in [-0.2, -0.15) is 9.49 Å². The van der Waals surface area contributed by atoms with E-state index in [1.807, 2.05) is 6.92 Å². The molecule has 0 aromatic carbocycles. The SMILES string of the molecule is CCCCCCCC(C)(CCCC)n1nc(C)cc1F. The van der Waals surface area contributed by atoms with Gasteiger partial charge in [0.2, 0.25) is 5.95 Å². The third-order valence-electron chi connectivity index (χ3n) is 4.19. The number of aryl methyl sites for hydroxylation is 1. The fraction of sp³-hybridized carbons (Fsp3) is 0.824. The Morgan fingerprint density at radius 3 is 2.20 bits per heavy atom. The van der Waals surface area contributed by atoms with E-state index in [-0.39, 0.29) is 11.5 Å². The van der Waals surface area contributed by atoms with E-state index in [1.54, 1.807) is 10.7 Å². The van der Waals surface area contributed by atoms with Crippen LogP contribution < -0.4 is 0 Å². The summed E-state index contributed by atoms with van der Waals surface area (Å²) in [5.41, 5.74) is 0.608. The Balaban J connectivity index is 2.68. The molecule has 0 aliphatic carbocycles. The molecule has 1 unspecified atom stereocenters. The molecule has 1 aromatic heterocycles. The third kappa shape index (κ3) is 4.92. The minimum atomic E-state index is -0.185. The van der Waals surface area contributed by atoms with E-state index >= 15 is 0 Å². The summed E-state index contributed by atoms with van der Waals surface area (Å²) < 4.78 is 15.7. The van der Waals surface area contributed by atoms with Gasteiger partial charge in [-0.25, -0.2) is 4.68 Å². The zero-order valence-electron chi connectivity index (χ0n) is 13.7. The first-order chi connectivity index (χ1) is 9.53. The summed E-state index contributed by atoms with van der Waals surface area (Å²) in [6.07, 6.45) is 10.6. The lowest BCUT2D eigenvalue weighted by Crippen LogP contribution is -2.32. The molecule has 116 valence electrons. The molecule has 0 saturated heterocycles. The Morgan fingerprint density at radius 2 is 1.65 bits per heavy atom. The molecule has 1 aromatic rings. The first-order valence-corrected chi connectivity index (χ1v) is 8.26. The topological polar surface area (TPSA) is 17.8 Å². The number of unbranched alkanes of at least 4 members (excludes halogenated alkanes) is 5. The molecule has 0 aliphatic heterocycles. The van der Waals surface area contributed by atoms with Crippen molar-refractivity contribution in [2.75, 3.05) is 0 Å². The van der Waals surface area contributed by atoms with Crippen LogP contribution in [0.4, 0.5) is 4.39 Å². The highest BCUT2D eigenvalue weighted by molar-refractivity contribution is 5.01. The standard InChI is InChI=1S/C17H31FN2/c1-5-7-9-10-11-13-17(4,12-8-6-2)20-16(18)14-15(3)19-20/h14H,5-13H2,1-4H3. The lowest BCUT2D eigenvalue weighted by atomic mass is 9.88. The van der Waals surface area contributed by atoms with Crippen molar-refractivity contribution >= 4 is 0 Å². The normalized spacial score (nSPS) is 14.4. The average Bonchev–Trinajstić information content (AvgIpc) is 2.76. The predicted octanol–water partition coefficient (Wildman–Crippen LogP) is 5.60. The number of nitrogens with zero attached hydrogens (tertiary/aromatic N) is 2. The quantitative estimate of drug-likeness (QED) is 0.511. The molecular weight excluding hydrogens is 251 g/mol. The van der Waals surface area contributed by atoms with E-state index < -0.39 is 0 Å². The smallest absolute Gasteiger partial charge is 0.212 e. The summed E-state index contributed by atoms with van der Waals surface area (Å²) in [6, 6.07) is 1.54. The highest BCUT2D eigenvalue weighted by atomic mass is 19.1. The number of aromatic nitrogens is 2. The van der Waals surface area contributed by atoms with E-state index in [9.17, 15) is 4.39 Å². The van der Waals surface area contributed by atoms with Crippen molar-refractivity contribution in [2.45, 2.75) is 91.0 Å². The van der Waals surface area contributed by atoms with Gasteiger partial charge in [0, 0.05) is 6.07 Å². The molecule has 1 atom stereocenters. The largest absolute Gasteiger partial charge is 0.233 e. The van der Waals surface area contributed by atoms with E-state index in [0.717, 1.165) is 31.4 Å². The molecule has 2 nitrogen and oxygen atoms in total. The van der Waals surface area contributed by atoms with Crippen LogP contribution in [0.15, 0.2) is 6.07 Å². The molecule has 0 spiro atoms. The maximum absolute atomic E-state index is 14.1. The number of hydrogen-bond donors (Lipinski definition) is 0. The van der Waals surface area contributed by atoms with Gasteiger partial charge < -0.3 is 0 Å². The van der Waals surface area contributed by atoms with Crippen molar-refractivity contribution in [3.05, 3.63) is 17.7 Å². The van der Waals surface area contributed by atoms with Gasteiger partial charge in [0.15, 0.2) is 0 Å². The first-order valence-electron chi connectivity index (χ1n) is 8.26. The van der Waals surface area contributed by atoms with Crippen molar-refractivity contribution in [1.29, 1.82) is 0 Å². The maximum atomic E-state index is 14.1. The molecule has 0 radical (unpaired) electrons. The van der Waals surface area contributed by atoms with Crippen LogP contribution in [0.5, 0.6) is 0 Å². The van der Waals surface area contributed by atoms with Crippen molar-refractivity contribution < 1.29 is 4.39 Å². The minimum absolute atomic E-state index is 0.166. The van der Waals surface area contributed by atoms with Crippen molar-refractivity contribution in [2.24, 2.45) is 0 Å². The fourth-order valence-electron chi connectivity index (χ4n) is 2.85. The Labute approximate surface area is 123 Å². The van der Waals surface area contributed by atoms with E-state index in [4.69, 9.17) is 0 Å². The van der Waals surface area contributed by atoms with Gasteiger partial charge in [0.05, 0.1) is 11.2 Å². The van der Waals surface area contributed by atoms with Gasteiger partial charge in [-0.15, -0.1) is 0 Å². The Kier molecular flexibility index (Phi) is 7.25. The van der Waals surface area contributed by atoms with Crippen molar-refractivity contribution in [3.63, 3.8) is 0 Å². The highest BCUT2D eigenvalue weighted by Crippen LogP contribution is 2.30. The molecule has 1 rings (SSSR count). The summed E-state index contributed by atoms with van der Waals surface area (Å²) in [4.78, 5) is 0.